The molecule has 3 aromatic rings. The molecule has 0 radical (unpaired) electrons. The van der Waals surface area contributed by atoms with Crippen LogP contribution in [-0.4, -0.2) is 4.40 Å². The molecule has 0 aliphatic carbocycles. The highest BCUT2D eigenvalue weighted by atomic mass is 15.0. The van der Waals surface area contributed by atoms with Crippen LogP contribution in [0.15, 0.2) is 42.6 Å². The van der Waals surface area contributed by atoms with Crippen LogP contribution < -0.4 is 5.73 Å². The second-order valence-corrected chi connectivity index (χ2v) is 3.75. The van der Waals surface area contributed by atoms with Crippen molar-refractivity contribution in [1.29, 1.82) is 5.26 Å². The minimum Gasteiger partial charge on any atom is -0.384 e. The Kier molecular flexibility index (Phi) is 1.66. The van der Waals surface area contributed by atoms with E-state index in [1.54, 1.807) is 0 Å². The van der Waals surface area contributed by atoms with E-state index in [9.17, 15) is 0 Å². The molecule has 0 aliphatic heterocycles. The summed E-state index contributed by atoms with van der Waals surface area (Å²) >= 11 is 0. The number of aromatic nitrogens is 1. The summed E-state index contributed by atoms with van der Waals surface area (Å²) < 4.78 is 1.85. The minimum atomic E-state index is 0.503. The van der Waals surface area contributed by atoms with Crippen LogP contribution in [0, 0.1) is 11.3 Å². The Labute approximate surface area is 92.3 Å². The van der Waals surface area contributed by atoms with Gasteiger partial charge in [-0.2, -0.15) is 5.26 Å². The topological polar surface area (TPSA) is 54.2 Å². The van der Waals surface area contributed by atoms with Gasteiger partial charge < -0.3 is 10.1 Å². The van der Waals surface area contributed by atoms with Crippen molar-refractivity contribution in [3.05, 3.63) is 48.2 Å². The number of rotatable bonds is 0. The molecule has 76 valence electrons. The average molecular weight is 207 g/mol. The van der Waals surface area contributed by atoms with Crippen molar-refractivity contribution in [3.63, 3.8) is 0 Å². The van der Waals surface area contributed by atoms with Crippen LogP contribution in [0.3, 0.4) is 0 Å². The summed E-state index contributed by atoms with van der Waals surface area (Å²) in [5.74, 6) is 0.503. The van der Waals surface area contributed by atoms with E-state index in [-0.39, 0.29) is 0 Å². The lowest BCUT2D eigenvalue weighted by Crippen LogP contribution is -1.93. The molecule has 0 atom stereocenters. The van der Waals surface area contributed by atoms with Crippen LogP contribution in [-0.2, 0) is 0 Å². The van der Waals surface area contributed by atoms with Crippen LogP contribution in [0.1, 0.15) is 5.56 Å². The first-order chi connectivity index (χ1) is 7.79. The number of benzene rings is 1. The monoisotopic (exact) mass is 207 g/mol. The number of nitriles is 1. The van der Waals surface area contributed by atoms with Crippen molar-refractivity contribution >= 4 is 22.1 Å². The summed E-state index contributed by atoms with van der Waals surface area (Å²) in [4.78, 5) is 0. The van der Waals surface area contributed by atoms with Gasteiger partial charge in [-0.1, -0.05) is 24.3 Å². The van der Waals surface area contributed by atoms with E-state index in [2.05, 4.69) is 6.07 Å². The van der Waals surface area contributed by atoms with Crippen molar-refractivity contribution < 1.29 is 0 Å². The van der Waals surface area contributed by atoms with E-state index < -0.39 is 0 Å². The zero-order chi connectivity index (χ0) is 11.1. The van der Waals surface area contributed by atoms with Crippen molar-refractivity contribution in [2.45, 2.75) is 0 Å². The maximum Gasteiger partial charge on any atom is 0.126 e. The van der Waals surface area contributed by atoms with Crippen molar-refractivity contribution in [3.8, 4) is 6.07 Å². The van der Waals surface area contributed by atoms with E-state index in [4.69, 9.17) is 11.0 Å². The predicted molar refractivity (Wildman–Crippen MR) is 64.0 cm³/mol. The smallest absolute Gasteiger partial charge is 0.126 e. The summed E-state index contributed by atoms with van der Waals surface area (Å²) in [7, 11) is 0. The van der Waals surface area contributed by atoms with Gasteiger partial charge in [-0.05, 0) is 22.9 Å². The molecule has 3 nitrogen and oxygen atoms in total. The zero-order valence-electron chi connectivity index (χ0n) is 8.51. The number of hydrogen-bond donors (Lipinski definition) is 1. The van der Waals surface area contributed by atoms with Gasteiger partial charge in [0.1, 0.15) is 11.9 Å². The molecule has 3 rings (SSSR count). The van der Waals surface area contributed by atoms with Crippen LogP contribution >= 0.6 is 0 Å². The van der Waals surface area contributed by atoms with E-state index in [1.807, 2.05) is 47.0 Å². The predicted octanol–water partition coefficient (Wildman–Crippen LogP) is 2.55. The molecule has 2 aromatic heterocycles. The molecule has 1 aromatic carbocycles. The quantitative estimate of drug-likeness (QED) is 0.615. The number of hydrogen-bond acceptors (Lipinski definition) is 2. The molecule has 3 heteroatoms. The fraction of sp³-hybridized carbons (Fsp3) is 0. The van der Waals surface area contributed by atoms with Gasteiger partial charge in [0, 0.05) is 11.7 Å². The first kappa shape index (κ1) is 8.81. The lowest BCUT2D eigenvalue weighted by molar-refractivity contribution is 1.23. The van der Waals surface area contributed by atoms with Crippen LogP contribution in [0.2, 0.25) is 0 Å². The summed E-state index contributed by atoms with van der Waals surface area (Å²) in [5, 5.41) is 11.2. The third kappa shape index (κ3) is 1.07. The van der Waals surface area contributed by atoms with E-state index in [1.165, 1.54) is 0 Å². The minimum absolute atomic E-state index is 0.503. The molecule has 0 fully saturated rings. The maximum absolute atomic E-state index is 8.91. The second kappa shape index (κ2) is 3.01. The second-order valence-electron chi connectivity index (χ2n) is 3.75. The average Bonchev–Trinajstić information content (AvgIpc) is 2.63. The molecule has 0 amide bonds. The van der Waals surface area contributed by atoms with Gasteiger partial charge >= 0.3 is 0 Å². The number of nitrogens with zero attached hydrogens (tertiary/aromatic N) is 2. The summed E-state index contributed by atoms with van der Waals surface area (Å²) in [6.45, 7) is 0. The molecule has 0 aliphatic rings. The highest BCUT2D eigenvalue weighted by Crippen LogP contribution is 2.23. The number of anilines is 1. The van der Waals surface area contributed by atoms with Crippen LogP contribution in [0.25, 0.3) is 16.3 Å². The molecule has 0 bridgehead atoms. The Morgan fingerprint density at radius 1 is 1.12 bits per heavy atom. The fourth-order valence-corrected chi connectivity index (χ4v) is 1.96. The standard InChI is InChI=1S/C13H9N3/c14-7-11-6-12-5-9-3-1-2-4-10(9)8-16(12)13(11)15/h1-6,8H,15H2. The maximum atomic E-state index is 8.91. The first-order valence-corrected chi connectivity index (χ1v) is 4.99. The first-order valence-electron chi connectivity index (χ1n) is 4.99. The lowest BCUT2D eigenvalue weighted by Gasteiger charge is -2.01. The lowest BCUT2D eigenvalue weighted by atomic mass is 10.2. The molecule has 2 N–H and O–H groups in total. The third-order valence-electron chi connectivity index (χ3n) is 2.79. The summed E-state index contributed by atoms with van der Waals surface area (Å²) in [5.41, 5.74) is 7.36. The molecule has 0 unspecified atom stereocenters. The Balaban J connectivity index is 2.50. The molecular formula is C13H9N3. The number of nitrogen functional groups attached to an aromatic ring is 1. The van der Waals surface area contributed by atoms with E-state index in [0.29, 0.717) is 11.4 Å². The van der Waals surface area contributed by atoms with Gasteiger partial charge in [-0.3, -0.25) is 0 Å². The van der Waals surface area contributed by atoms with Gasteiger partial charge in [-0.25, -0.2) is 0 Å². The van der Waals surface area contributed by atoms with Gasteiger partial charge in [0.2, 0.25) is 0 Å². The highest BCUT2D eigenvalue weighted by molar-refractivity contribution is 5.87. The molecular weight excluding hydrogens is 198 g/mol. The SMILES string of the molecule is N#Cc1cc2cc3ccccc3cn2c1N. The van der Waals surface area contributed by atoms with Crippen LogP contribution in [0.4, 0.5) is 5.82 Å². The number of pyridine rings is 1. The van der Waals surface area contributed by atoms with Gasteiger partial charge in [-0.15, -0.1) is 0 Å². The van der Waals surface area contributed by atoms with Crippen molar-refractivity contribution in [2.75, 3.05) is 5.73 Å². The fourth-order valence-electron chi connectivity index (χ4n) is 1.96. The molecule has 0 spiro atoms. The van der Waals surface area contributed by atoms with Crippen LogP contribution in [0.5, 0.6) is 0 Å². The summed E-state index contributed by atoms with van der Waals surface area (Å²) in [6, 6.07) is 14.0. The molecule has 0 saturated carbocycles. The summed E-state index contributed by atoms with van der Waals surface area (Å²) in [6.07, 6.45) is 1.96. The third-order valence-corrected chi connectivity index (χ3v) is 2.79. The van der Waals surface area contributed by atoms with Crippen molar-refractivity contribution in [1.82, 2.24) is 4.40 Å². The highest BCUT2D eigenvalue weighted by Gasteiger charge is 2.06. The van der Waals surface area contributed by atoms with E-state index in [0.717, 1.165) is 16.3 Å². The molecule has 2 heterocycles. The van der Waals surface area contributed by atoms with Gasteiger partial charge in [0.05, 0.1) is 5.56 Å². The number of nitrogens with two attached hydrogens (primary N) is 1. The van der Waals surface area contributed by atoms with Crippen molar-refractivity contribution in [2.24, 2.45) is 0 Å². The largest absolute Gasteiger partial charge is 0.384 e. The Morgan fingerprint density at radius 2 is 1.88 bits per heavy atom. The molecule has 16 heavy (non-hydrogen) atoms. The normalized spacial score (nSPS) is 10.7. The Morgan fingerprint density at radius 3 is 2.62 bits per heavy atom. The van der Waals surface area contributed by atoms with E-state index >= 15 is 0 Å². The zero-order valence-corrected chi connectivity index (χ0v) is 8.51. The number of fused-ring (bicyclic) bond motifs is 2. The Hall–Kier alpha value is -2.47. The van der Waals surface area contributed by atoms with Gasteiger partial charge in [0.25, 0.3) is 0 Å². The molecule has 0 saturated heterocycles. The Bertz CT molecular complexity index is 732. The van der Waals surface area contributed by atoms with Gasteiger partial charge in [0.15, 0.2) is 0 Å².